The van der Waals surface area contributed by atoms with Crippen molar-refractivity contribution in [1.82, 2.24) is 19.5 Å². The minimum atomic E-state index is -4.65. The van der Waals surface area contributed by atoms with Crippen molar-refractivity contribution in [3.63, 3.8) is 0 Å². The van der Waals surface area contributed by atoms with Gasteiger partial charge in [0.1, 0.15) is 29.5 Å². The lowest BCUT2D eigenvalue weighted by Crippen LogP contribution is -2.36. The highest BCUT2D eigenvalue weighted by Gasteiger charge is 2.44. The van der Waals surface area contributed by atoms with Crippen molar-refractivity contribution in [2.45, 2.75) is 50.5 Å². The van der Waals surface area contributed by atoms with Crippen LogP contribution in [0, 0.1) is 0 Å². The van der Waals surface area contributed by atoms with E-state index in [1.807, 2.05) is 7.05 Å². The van der Waals surface area contributed by atoms with E-state index in [-0.39, 0.29) is 65.3 Å². The van der Waals surface area contributed by atoms with Gasteiger partial charge in [0, 0.05) is 38.4 Å². The molecule has 6 rings (SSSR count). The molecule has 1 fully saturated rings. The summed E-state index contributed by atoms with van der Waals surface area (Å²) >= 11 is 43.4. The van der Waals surface area contributed by atoms with Crippen molar-refractivity contribution in [2.24, 2.45) is 0 Å². The number of hydrogen-bond acceptors (Lipinski definition) is 12. The first-order chi connectivity index (χ1) is 27.0. The van der Waals surface area contributed by atoms with Crippen LogP contribution >= 0.6 is 96.4 Å². The van der Waals surface area contributed by atoms with E-state index in [0.29, 0.717) is 17.0 Å². The summed E-state index contributed by atoms with van der Waals surface area (Å²) in [6.45, 7) is -0.649. The normalized spacial score (nSPS) is 15.7. The topological polar surface area (TPSA) is 147 Å². The molecule has 3 aromatic carbocycles. The predicted octanol–water partition coefficient (Wildman–Crippen LogP) is 11.8. The summed E-state index contributed by atoms with van der Waals surface area (Å²) in [7, 11) is -6.01. The van der Waals surface area contributed by atoms with Gasteiger partial charge in [0.2, 0.25) is 5.28 Å². The fourth-order valence-corrected chi connectivity index (χ4v) is 11.6. The fraction of sp³-hybridized carbons (Fsp3) is 0.343. The maximum atomic E-state index is 14.9. The van der Waals surface area contributed by atoms with Gasteiger partial charge in [-0.3, -0.25) is 4.52 Å². The Morgan fingerprint density at radius 2 is 1.30 bits per heavy atom. The number of benzene rings is 3. The molecule has 2 aromatic heterocycles. The van der Waals surface area contributed by atoms with Crippen molar-refractivity contribution in [3.8, 4) is 17.2 Å². The third-order valence-electron chi connectivity index (χ3n) is 8.93. The maximum absolute atomic E-state index is 14.9. The number of methoxy groups -OCH3 is 1. The van der Waals surface area contributed by atoms with E-state index in [2.05, 4.69) is 19.9 Å². The van der Waals surface area contributed by atoms with E-state index >= 15 is 0 Å². The van der Waals surface area contributed by atoms with Gasteiger partial charge >= 0.3 is 15.2 Å². The van der Waals surface area contributed by atoms with Gasteiger partial charge in [0.15, 0.2) is 22.9 Å². The van der Waals surface area contributed by atoms with Gasteiger partial charge in [-0.1, -0.05) is 82.4 Å². The Bertz CT molecular complexity index is 2280. The minimum absolute atomic E-state index is 0.0150. The molecule has 2 heterocycles. The maximum Gasteiger partial charge on any atom is 0.444 e. The highest BCUT2D eigenvalue weighted by atomic mass is 35.5. The third kappa shape index (κ3) is 11.1. The molecule has 1 saturated carbocycles. The van der Waals surface area contributed by atoms with Crippen molar-refractivity contribution in [1.29, 1.82) is 0 Å². The van der Waals surface area contributed by atoms with E-state index < -0.39 is 39.9 Å². The Balaban J connectivity index is 1.28. The van der Waals surface area contributed by atoms with Crippen molar-refractivity contribution in [3.05, 3.63) is 96.3 Å². The second-order valence-corrected chi connectivity index (χ2v) is 20.1. The summed E-state index contributed by atoms with van der Waals surface area (Å²) in [6, 6.07) is 12.6. The fourth-order valence-electron chi connectivity index (χ4n) is 6.06. The number of aromatic nitrogens is 4. The van der Waals surface area contributed by atoms with Gasteiger partial charge in [-0.25, -0.2) is 14.1 Å². The lowest BCUT2D eigenvalue weighted by molar-refractivity contribution is -0.0425. The summed E-state index contributed by atoms with van der Waals surface area (Å²) in [5, 5.41) is 12.3. The highest BCUT2D eigenvalue weighted by molar-refractivity contribution is 7.72. The first-order valence-electron chi connectivity index (χ1n) is 17.1. The van der Waals surface area contributed by atoms with E-state index in [4.69, 9.17) is 104 Å². The lowest BCUT2D eigenvalue weighted by Gasteiger charge is -2.28. The van der Waals surface area contributed by atoms with Crippen molar-refractivity contribution >= 4 is 113 Å². The van der Waals surface area contributed by atoms with E-state index in [1.54, 1.807) is 4.57 Å². The molecular weight excluding hydrogens is 929 g/mol. The third-order valence-corrected chi connectivity index (χ3v) is 16.1. The smallest absolute Gasteiger partial charge is 0.424 e. The zero-order valence-electron chi connectivity index (χ0n) is 30.0. The van der Waals surface area contributed by atoms with E-state index in [1.165, 1.54) is 68.0 Å². The largest absolute Gasteiger partial charge is 0.444 e. The Morgan fingerprint density at radius 1 is 0.789 bits per heavy atom. The van der Waals surface area contributed by atoms with Crippen LogP contribution in [0.15, 0.2) is 60.9 Å². The van der Waals surface area contributed by atoms with Gasteiger partial charge in [0.05, 0.1) is 49.6 Å². The number of halogens is 7. The van der Waals surface area contributed by atoms with Crippen LogP contribution in [0.4, 0.5) is 5.82 Å². The van der Waals surface area contributed by atoms with Crippen LogP contribution in [0.3, 0.4) is 0 Å². The molecule has 0 bridgehead atoms. The van der Waals surface area contributed by atoms with Crippen LogP contribution in [0.5, 0.6) is 17.2 Å². The molecular formula is C35H34Cl7N5O8P2. The number of nitrogens with zero attached hydrogens (tertiary/aromatic N) is 5. The number of hydrogen-bond donors (Lipinski definition) is 1. The average Bonchev–Trinajstić information content (AvgIpc) is 3.83. The summed E-state index contributed by atoms with van der Waals surface area (Å²) in [4.78, 5) is 15.4. The number of aliphatic hydroxyl groups excluding tert-OH is 1. The monoisotopic (exact) mass is 959 g/mol. The predicted molar refractivity (Wildman–Crippen MR) is 225 cm³/mol. The summed E-state index contributed by atoms with van der Waals surface area (Å²) < 4.78 is 60.4. The molecule has 13 nitrogen and oxygen atoms in total. The molecule has 57 heavy (non-hydrogen) atoms. The van der Waals surface area contributed by atoms with Gasteiger partial charge in [-0.05, 0) is 60.8 Å². The average molecular weight is 963 g/mol. The number of aliphatic hydroxyl groups is 1. The lowest BCUT2D eigenvalue weighted by atomic mass is 10.2. The second kappa shape index (κ2) is 19.0. The summed E-state index contributed by atoms with van der Waals surface area (Å²) in [5.74, 6) is -0.571. The van der Waals surface area contributed by atoms with Gasteiger partial charge in [-0.15, -0.1) is 0 Å². The van der Waals surface area contributed by atoms with E-state index in [0.717, 1.165) is 25.7 Å². The molecule has 0 aliphatic heterocycles. The minimum Gasteiger partial charge on any atom is -0.424 e. The second-order valence-electron chi connectivity index (χ2n) is 12.9. The highest BCUT2D eigenvalue weighted by Crippen LogP contribution is 2.63. The zero-order chi connectivity index (χ0) is 41.1. The van der Waals surface area contributed by atoms with Crippen LogP contribution in [-0.4, -0.2) is 69.5 Å². The molecule has 0 amide bonds. The first-order valence-corrected chi connectivity index (χ1v) is 23.2. The van der Waals surface area contributed by atoms with E-state index in [9.17, 15) is 14.2 Å². The first kappa shape index (κ1) is 44.3. The van der Waals surface area contributed by atoms with Crippen molar-refractivity contribution < 1.29 is 37.1 Å². The molecule has 3 atom stereocenters. The van der Waals surface area contributed by atoms with Crippen LogP contribution in [-0.2, 0) is 24.9 Å². The van der Waals surface area contributed by atoms with Gasteiger partial charge in [0.25, 0.3) is 0 Å². The Morgan fingerprint density at radius 3 is 1.79 bits per heavy atom. The van der Waals surface area contributed by atoms with Crippen LogP contribution in [0.1, 0.15) is 25.7 Å². The number of ether oxygens (including phenoxy) is 1. The molecule has 1 aliphatic rings. The molecule has 306 valence electrons. The van der Waals surface area contributed by atoms with Gasteiger partial charge < -0.3 is 32.9 Å². The summed E-state index contributed by atoms with van der Waals surface area (Å²) in [6.07, 6.45) is 3.34. The molecule has 22 heteroatoms. The molecule has 1 aliphatic carbocycles. The number of rotatable bonds is 17. The number of anilines is 1. The Kier molecular flexibility index (Phi) is 14.8. The SMILES string of the molecule is CO[C@H](COP(=O)(CP(=O)(Oc1ccc(Cl)c(Cl)c1)Oc1ccc(Cl)c(Cl)c1)Oc1ccc(Cl)c(Cl)c1)[C@@H](O)Cn1cnc2c(N(C)C3CCCC3)nc(Cl)nc21. The molecule has 0 radical (unpaired) electrons. The molecule has 1 N–H and O–H groups in total. The number of fused-ring (bicyclic) bond motifs is 1. The molecule has 5 aromatic rings. The quantitative estimate of drug-likeness (QED) is 0.0699. The molecule has 0 spiro atoms. The van der Waals surface area contributed by atoms with Crippen LogP contribution in [0.25, 0.3) is 11.2 Å². The Hall–Kier alpha value is -2.22. The zero-order valence-corrected chi connectivity index (χ0v) is 37.1. The summed E-state index contributed by atoms with van der Waals surface area (Å²) in [5.41, 5.74) is 0.892. The molecule has 1 unspecified atom stereocenters. The van der Waals surface area contributed by atoms with Gasteiger partial charge in [-0.2, -0.15) is 9.97 Å². The number of imidazole rings is 1. The Labute approximate surface area is 363 Å². The van der Waals surface area contributed by atoms with Crippen LogP contribution < -0.4 is 18.5 Å². The van der Waals surface area contributed by atoms with Crippen LogP contribution in [0.2, 0.25) is 35.4 Å². The standard InChI is InChI=1S/C35H34Cl7N5O8P2/c1-46(20-5-3-4-6-20)33-32-34(45-35(42)44-33)47(18-43-32)16-30(48)31(51-2)17-52-56(49,53-21-7-10-24(36)27(39)13-21)19-57(50,54-22-8-11-25(37)28(40)14-22)55-23-9-12-26(38)29(41)15-23/h7-15,18,20,30-31,48H,3-6,16-17,19H2,1-2H3/t30-,31+,56?/m0/s1. The van der Waals surface area contributed by atoms with Crippen molar-refractivity contribution in [2.75, 3.05) is 31.6 Å². The molecule has 0 saturated heterocycles.